The van der Waals surface area contributed by atoms with Crippen LogP contribution in [0.3, 0.4) is 0 Å². The van der Waals surface area contributed by atoms with Crippen LogP contribution < -0.4 is 31.3 Å². The fraction of sp³-hybridized carbons (Fsp3) is 0.368. The summed E-state index contributed by atoms with van der Waals surface area (Å²) in [7, 11) is 0. The maximum Gasteiger partial charge on any atom is 0.267 e. The van der Waals surface area contributed by atoms with Crippen LogP contribution in [0, 0.1) is 0 Å². The Morgan fingerprint density at radius 2 is 1.72 bits per heavy atom. The van der Waals surface area contributed by atoms with Crippen LogP contribution in [0.5, 0.6) is 5.75 Å². The molecule has 284 valence electrons. The molecule has 0 aliphatic carbocycles. The van der Waals surface area contributed by atoms with Crippen molar-refractivity contribution >= 4 is 46.3 Å². The van der Waals surface area contributed by atoms with E-state index >= 15 is 0 Å². The molecule has 0 saturated carbocycles. The summed E-state index contributed by atoms with van der Waals surface area (Å²) in [5.74, 6) is -3.29. The molecule has 2 bridgehead atoms. The lowest BCUT2D eigenvalue weighted by molar-refractivity contribution is -0.143. The second-order valence-electron chi connectivity index (χ2n) is 13.6. The average Bonchev–Trinajstić information content (AvgIpc) is 3.93. The maximum absolute atomic E-state index is 14.6. The Labute approximate surface area is 310 Å². The van der Waals surface area contributed by atoms with Crippen LogP contribution in [0.2, 0.25) is 0 Å². The SMILES string of the molecule is C[C@@H]1NC(=O)[C@H]([C@@H](C)O)NC(=O)[C@@H]2C[C@H](NC(=O)c3ccc[nH]3)CN2C(=O)[C@@H](Cc2c[nH]c3ccccc23)NC(=O)COc2ccc(cc2)CCNC1=O. The van der Waals surface area contributed by atoms with Gasteiger partial charge in [-0.1, -0.05) is 30.3 Å². The zero-order valence-electron chi connectivity index (χ0n) is 29.9. The lowest BCUT2D eigenvalue weighted by atomic mass is 10.0. The molecule has 5 heterocycles. The second-order valence-corrected chi connectivity index (χ2v) is 13.6. The number of amides is 6. The van der Waals surface area contributed by atoms with Crippen molar-refractivity contribution < 1.29 is 38.6 Å². The molecule has 6 atom stereocenters. The van der Waals surface area contributed by atoms with E-state index in [-0.39, 0.29) is 31.6 Å². The molecule has 2 aromatic heterocycles. The number of aliphatic hydroxyl groups excluding tert-OH is 1. The highest BCUT2D eigenvalue weighted by Gasteiger charge is 2.44. The standard InChI is InChI=1S/C38H44N8O8/c1-21-34(49)40-15-13-23-9-11-26(12-10-23)54-20-32(48)44-30(16-24-18-41-28-7-4-3-6-27(24)28)38(53)46-19-25(43-35(50)29-8-5-14-39-29)17-31(46)36(51)45-33(22(2)47)37(52)42-21/h3-12,14,18,21-22,25,30-31,33,39,41,47H,13,15-17,19-20H2,1-2H3,(H,40,49)(H,42,52)(H,43,50)(H,44,48)(H,45,51)/t21-,22+,25-,30+,31-,33-/m0/s1. The van der Waals surface area contributed by atoms with E-state index in [1.165, 1.54) is 18.7 Å². The van der Waals surface area contributed by atoms with E-state index in [9.17, 15) is 33.9 Å². The minimum absolute atomic E-state index is 0.0379. The Bertz CT molecular complexity index is 1990. The van der Waals surface area contributed by atoms with Gasteiger partial charge in [-0.15, -0.1) is 0 Å². The van der Waals surface area contributed by atoms with Crippen LogP contribution in [0.15, 0.2) is 73.1 Å². The summed E-state index contributed by atoms with van der Waals surface area (Å²) in [6.07, 6.45) is 2.44. The third-order valence-corrected chi connectivity index (χ3v) is 9.62. The molecule has 8 N–H and O–H groups in total. The molecule has 7 rings (SSSR count). The number of aromatic nitrogens is 2. The number of hydrogen-bond donors (Lipinski definition) is 8. The smallest absolute Gasteiger partial charge is 0.267 e. The number of fused-ring (bicyclic) bond motifs is 17. The minimum Gasteiger partial charge on any atom is -0.484 e. The largest absolute Gasteiger partial charge is 0.484 e. The number of benzene rings is 2. The summed E-state index contributed by atoms with van der Waals surface area (Å²) in [6.45, 7) is 2.55. The minimum atomic E-state index is -1.49. The van der Waals surface area contributed by atoms with Gasteiger partial charge >= 0.3 is 0 Å². The molecule has 2 aromatic carbocycles. The van der Waals surface area contributed by atoms with Gasteiger partial charge in [0.2, 0.25) is 23.6 Å². The van der Waals surface area contributed by atoms with Gasteiger partial charge in [-0.2, -0.15) is 0 Å². The van der Waals surface area contributed by atoms with Gasteiger partial charge in [0.15, 0.2) is 6.61 Å². The number of para-hydroxylation sites is 1. The number of nitrogens with one attached hydrogen (secondary N) is 7. The second kappa shape index (κ2) is 16.7. The molecule has 0 unspecified atom stereocenters. The summed E-state index contributed by atoms with van der Waals surface area (Å²) in [5.41, 5.74) is 2.73. The number of H-pyrrole nitrogens is 2. The third-order valence-electron chi connectivity index (χ3n) is 9.62. The number of ether oxygens (including phenoxy) is 1. The summed E-state index contributed by atoms with van der Waals surface area (Å²) in [5, 5.41) is 25.0. The van der Waals surface area contributed by atoms with Crippen molar-refractivity contribution in [3.8, 4) is 5.75 Å². The number of rotatable bonds is 5. The van der Waals surface area contributed by atoms with Gasteiger partial charge in [-0.05, 0) is 68.1 Å². The van der Waals surface area contributed by atoms with Gasteiger partial charge in [-0.3, -0.25) is 28.8 Å². The van der Waals surface area contributed by atoms with Gasteiger partial charge in [-0.25, -0.2) is 0 Å². The molecule has 4 aromatic rings. The van der Waals surface area contributed by atoms with Crippen LogP contribution in [-0.4, -0.2) is 111 Å². The predicted molar refractivity (Wildman–Crippen MR) is 196 cm³/mol. The Morgan fingerprint density at radius 3 is 2.46 bits per heavy atom. The molecule has 3 aliphatic rings. The van der Waals surface area contributed by atoms with Gasteiger partial charge in [0, 0.05) is 48.8 Å². The predicted octanol–water partition coefficient (Wildman–Crippen LogP) is 0.0444. The van der Waals surface area contributed by atoms with E-state index in [1.54, 1.807) is 48.8 Å². The van der Waals surface area contributed by atoms with Gasteiger partial charge < -0.3 is 51.3 Å². The highest BCUT2D eigenvalue weighted by atomic mass is 16.5. The lowest BCUT2D eigenvalue weighted by Crippen LogP contribution is -2.60. The molecule has 0 radical (unpaired) electrons. The van der Waals surface area contributed by atoms with Crippen molar-refractivity contribution in [2.45, 2.75) is 69.4 Å². The third kappa shape index (κ3) is 8.89. The maximum atomic E-state index is 14.6. The normalized spacial score (nSPS) is 23.9. The molecule has 3 aliphatic heterocycles. The summed E-state index contributed by atoms with van der Waals surface area (Å²) in [6, 6.07) is 12.1. The van der Waals surface area contributed by atoms with Gasteiger partial charge in [0.25, 0.3) is 11.8 Å². The zero-order chi connectivity index (χ0) is 38.4. The fourth-order valence-corrected chi connectivity index (χ4v) is 6.73. The van der Waals surface area contributed by atoms with Gasteiger partial charge in [0.05, 0.1) is 6.10 Å². The van der Waals surface area contributed by atoms with Crippen molar-refractivity contribution in [1.82, 2.24) is 41.5 Å². The van der Waals surface area contributed by atoms with Crippen molar-refractivity contribution in [3.63, 3.8) is 0 Å². The van der Waals surface area contributed by atoms with E-state index in [2.05, 4.69) is 36.6 Å². The molecular weight excluding hydrogens is 696 g/mol. The number of aliphatic hydroxyl groups is 1. The van der Waals surface area contributed by atoms with Crippen LogP contribution >= 0.6 is 0 Å². The van der Waals surface area contributed by atoms with Crippen LogP contribution in [0.1, 0.15) is 41.9 Å². The highest BCUT2D eigenvalue weighted by molar-refractivity contribution is 5.97. The van der Waals surface area contributed by atoms with Gasteiger partial charge in [0.1, 0.15) is 35.6 Å². The van der Waals surface area contributed by atoms with Crippen LogP contribution in [-0.2, 0) is 36.8 Å². The number of nitrogens with zero attached hydrogens (tertiary/aromatic N) is 1. The number of aromatic amines is 2. The van der Waals surface area contributed by atoms with Crippen molar-refractivity contribution in [2.75, 3.05) is 19.7 Å². The monoisotopic (exact) mass is 740 g/mol. The molecular formula is C38H44N8O8. The number of carbonyl (C=O) groups is 6. The first kappa shape index (κ1) is 37.6. The summed E-state index contributed by atoms with van der Waals surface area (Å²) >= 11 is 0. The van der Waals surface area contributed by atoms with Crippen LogP contribution in [0.25, 0.3) is 10.9 Å². The number of carbonyl (C=O) groups excluding carboxylic acids is 6. The Kier molecular flexibility index (Phi) is 11.6. The molecule has 54 heavy (non-hydrogen) atoms. The van der Waals surface area contributed by atoms with E-state index in [4.69, 9.17) is 4.74 Å². The molecule has 1 saturated heterocycles. The number of hydrogen-bond acceptors (Lipinski definition) is 8. The average molecular weight is 741 g/mol. The summed E-state index contributed by atoms with van der Waals surface area (Å²) in [4.78, 5) is 88.7. The first-order valence-corrected chi connectivity index (χ1v) is 17.8. The topological polar surface area (TPSA) is 227 Å². The molecule has 16 nitrogen and oxygen atoms in total. The van der Waals surface area contributed by atoms with E-state index in [0.29, 0.717) is 12.2 Å². The summed E-state index contributed by atoms with van der Waals surface area (Å²) < 4.78 is 5.76. The Hall–Kier alpha value is -6.16. The Balaban J connectivity index is 1.33. The van der Waals surface area contributed by atoms with Crippen molar-refractivity contribution in [2.24, 2.45) is 0 Å². The fourth-order valence-electron chi connectivity index (χ4n) is 6.73. The zero-order valence-corrected chi connectivity index (χ0v) is 29.9. The first-order chi connectivity index (χ1) is 26.0. The molecule has 0 spiro atoms. The molecule has 16 heteroatoms. The van der Waals surface area contributed by atoms with Crippen molar-refractivity contribution in [3.05, 3.63) is 89.9 Å². The quantitative estimate of drug-likeness (QED) is 0.130. The highest BCUT2D eigenvalue weighted by Crippen LogP contribution is 2.24. The Morgan fingerprint density at radius 1 is 0.944 bits per heavy atom. The first-order valence-electron chi connectivity index (χ1n) is 17.8. The van der Waals surface area contributed by atoms with E-state index in [0.717, 1.165) is 22.0 Å². The van der Waals surface area contributed by atoms with Crippen LogP contribution in [0.4, 0.5) is 0 Å². The van der Waals surface area contributed by atoms with E-state index < -0.39 is 78.4 Å². The lowest BCUT2D eigenvalue weighted by Gasteiger charge is -2.30. The van der Waals surface area contributed by atoms with Crippen molar-refractivity contribution in [1.29, 1.82) is 0 Å². The molecule has 1 fully saturated rings. The van der Waals surface area contributed by atoms with E-state index in [1.807, 2.05) is 24.3 Å². The molecule has 6 amide bonds.